The highest BCUT2D eigenvalue weighted by Crippen LogP contribution is 2.32. The molecule has 0 aromatic heterocycles. The van der Waals surface area contributed by atoms with E-state index in [1.807, 2.05) is 13.8 Å². The van der Waals surface area contributed by atoms with E-state index in [9.17, 15) is 9.59 Å². The highest BCUT2D eigenvalue weighted by Gasteiger charge is 2.36. The number of carboxylic acids is 1. The van der Waals surface area contributed by atoms with Crippen molar-refractivity contribution in [2.45, 2.75) is 39.5 Å². The molecule has 1 N–H and O–H groups in total. The number of rotatable bonds is 3. The number of Topliss-reactive ketones (excluding diaryl/α,β-unsaturated/α-hetero) is 1. The molecule has 2 atom stereocenters. The van der Waals surface area contributed by atoms with Crippen LogP contribution in [-0.2, 0) is 9.59 Å². The maximum Gasteiger partial charge on any atom is 0.307 e. The summed E-state index contributed by atoms with van der Waals surface area (Å²) in [4.78, 5) is 22.7. The Balaban J connectivity index is 2.72. The highest BCUT2D eigenvalue weighted by atomic mass is 16.4. The average Bonchev–Trinajstić information content (AvgIpc) is 2.16. The molecule has 0 radical (unpaired) electrons. The third-order valence-corrected chi connectivity index (χ3v) is 3.02. The Kier molecular flexibility index (Phi) is 3.67. The first-order valence-corrected chi connectivity index (χ1v) is 5.30. The van der Waals surface area contributed by atoms with Gasteiger partial charge in [0, 0.05) is 11.8 Å². The molecule has 0 spiro atoms. The monoisotopic (exact) mass is 198 g/mol. The number of hydrogen-bond donors (Lipinski definition) is 1. The maximum atomic E-state index is 11.7. The van der Waals surface area contributed by atoms with Crippen molar-refractivity contribution in [1.29, 1.82) is 0 Å². The first-order valence-electron chi connectivity index (χ1n) is 5.30. The fraction of sp³-hybridized carbons (Fsp3) is 0.818. The van der Waals surface area contributed by atoms with Crippen LogP contribution in [-0.4, -0.2) is 16.9 Å². The van der Waals surface area contributed by atoms with Crippen LogP contribution in [0.3, 0.4) is 0 Å². The third kappa shape index (κ3) is 2.34. The molecule has 80 valence electrons. The second-order valence-corrected chi connectivity index (χ2v) is 4.39. The van der Waals surface area contributed by atoms with E-state index in [1.54, 1.807) is 0 Å². The van der Waals surface area contributed by atoms with E-state index in [0.29, 0.717) is 6.42 Å². The summed E-state index contributed by atoms with van der Waals surface area (Å²) in [5.74, 6) is -1.39. The zero-order valence-electron chi connectivity index (χ0n) is 8.82. The molecule has 3 nitrogen and oxygen atoms in total. The minimum Gasteiger partial charge on any atom is -0.481 e. The Labute approximate surface area is 84.5 Å². The summed E-state index contributed by atoms with van der Waals surface area (Å²) in [6.07, 6.45) is 3.36. The lowest BCUT2D eigenvalue weighted by Crippen LogP contribution is -2.34. The molecule has 0 aromatic rings. The van der Waals surface area contributed by atoms with Gasteiger partial charge in [-0.2, -0.15) is 0 Å². The van der Waals surface area contributed by atoms with Crippen molar-refractivity contribution in [2.24, 2.45) is 17.8 Å². The molecule has 0 aromatic carbocycles. The van der Waals surface area contributed by atoms with E-state index in [0.717, 1.165) is 19.3 Å². The molecule has 1 fully saturated rings. The SMILES string of the molecule is CC(C)C(=O)[C@H]1CCCC[C@@H]1C(=O)O. The van der Waals surface area contributed by atoms with Crippen molar-refractivity contribution < 1.29 is 14.7 Å². The van der Waals surface area contributed by atoms with Crippen molar-refractivity contribution in [3.8, 4) is 0 Å². The molecule has 3 heteroatoms. The fourth-order valence-electron chi connectivity index (χ4n) is 2.20. The van der Waals surface area contributed by atoms with Gasteiger partial charge in [-0.25, -0.2) is 0 Å². The fourth-order valence-corrected chi connectivity index (χ4v) is 2.20. The van der Waals surface area contributed by atoms with Crippen LogP contribution in [0, 0.1) is 17.8 Å². The van der Waals surface area contributed by atoms with Gasteiger partial charge < -0.3 is 5.11 Å². The molecular formula is C11H18O3. The first-order chi connectivity index (χ1) is 6.54. The van der Waals surface area contributed by atoms with Gasteiger partial charge >= 0.3 is 5.97 Å². The molecule has 0 heterocycles. The molecule has 1 rings (SSSR count). The predicted molar refractivity (Wildman–Crippen MR) is 52.9 cm³/mol. The van der Waals surface area contributed by atoms with Gasteiger partial charge in [-0.05, 0) is 12.8 Å². The van der Waals surface area contributed by atoms with Gasteiger partial charge in [0.25, 0.3) is 0 Å². The van der Waals surface area contributed by atoms with Crippen LogP contribution >= 0.6 is 0 Å². The molecule has 1 aliphatic rings. The van der Waals surface area contributed by atoms with Crippen LogP contribution in [0.5, 0.6) is 0 Å². The summed E-state index contributed by atoms with van der Waals surface area (Å²) in [6, 6.07) is 0. The van der Waals surface area contributed by atoms with Gasteiger partial charge in [0.1, 0.15) is 5.78 Å². The van der Waals surface area contributed by atoms with E-state index >= 15 is 0 Å². The zero-order valence-corrected chi connectivity index (χ0v) is 8.82. The van der Waals surface area contributed by atoms with E-state index in [4.69, 9.17) is 5.11 Å². The number of hydrogen-bond acceptors (Lipinski definition) is 2. The van der Waals surface area contributed by atoms with Gasteiger partial charge in [-0.3, -0.25) is 9.59 Å². The van der Waals surface area contributed by atoms with E-state index in [1.165, 1.54) is 0 Å². The van der Waals surface area contributed by atoms with Crippen LogP contribution < -0.4 is 0 Å². The van der Waals surface area contributed by atoms with Crippen molar-refractivity contribution >= 4 is 11.8 Å². The normalized spacial score (nSPS) is 27.6. The lowest BCUT2D eigenvalue weighted by molar-refractivity contribution is -0.149. The van der Waals surface area contributed by atoms with Crippen molar-refractivity contribution in [3.63, 3.8) is 0 Å². The Morgan fingerprint density at radius 3 is 2.07 bits per heavy atom. The third-order valence-electron chi connectivity index (χ3n) is 3.02. The number of aliphatic carboxylic acids is 1. The Morgan fingerprint density at radius 2 is 1.64 bits per heavy atom. The van der Waals surface area contributed by atoms with E-state index < -0.39 is 11.9 Å². The summed E-state index contributed by atoms with van der Waals surface area (Å²) < 4.78 is 0. The molecule has 1 saturated carbocycles. The molecule has 0 amide bonds. The largest absolute Gasteiger partial charge is 0.481 e. The number of carboxylic acid groups (broad SMARTS) is 1. The first kappa shape index (κ1) is 11.2. The van der Waals surface area contributed by atoms with E-state index in [2.05, 4.69) is 0 Å². The molecule has 0 saturated heterocycles. The summed E-state index contributed by atoms with van der Waals surface area (Å²) >= 11 is 0. The van der Waals surface area contributed by atoms with Gasteiger partial charge in [0.2, 0.25) is 0 Å². The Bertz CT molecular complexity index is 233. The second-order valence-electron chi connectivity index (χ2n) is 4.39. The molecule has 14 heavy (non-hydrogen) atoms. The number of ketones is 1. The number of carbonyl (C=O) groups is 2. The standard InChI is InChI=1S/C11H18O3/c1-7(2)10(12)8-5-3-4-6-9(8)11(13)14/h7-9H,3-6H2,1-2H3,(H,13,14)/t8-,9-/m0/s1. The van der Waals surface area contributed by atoms with Crippen LogP contribution in [0.15, 0.2) is 0 Å². The lowest BCUT2D eigenvalue weighted by Gasteiger charge is -2.28. The summed E-state index contributed by atoms with van der Waals surface area (Å²) in [5.41, 5.74) is 0. The topological polar surface area (TPSA) is 54.4 Å². The highest BCUT2D eigenvalue weighted by molar-refractivity contribution is 5.87. The Hall–Kier alpha value is -0.860. The van der Waals surface area contributed by atoms with Crippen LogP contribution in [0.1, 0.15) is 39.5 Å². The van der Waals surface area contributed by atoms with Gasteiger partial charge in [0.15, 0.2) is 0 Å². The van der Waals surface area contributed by atoms with Gasteiger partial charge in [0.05, 0.1) is 5.92 Å². The Morgan fingerprint density at radius 1 is 1.14 bits per heavy atom. The van der Waals surface area contributed by atoms with Crippen LogP contribution in [0.4, 0.5) is 0 Å². The lowest BCUT2D eigenvalue weighted by atomic mass is 9.74. The zero-order chi connectivity index (χ0) is 10.7. The van der Waals surface area contributed by atoms with Crippen molar-refractivity contribution in [2.75, 3.05) is 0 Å². The molecule has 0 unspecified atom stereocenters. The summed E-state index contributed by atoms with van der Waals surface area (Å²) in [6.45, 7) is 3.69. The smallest absolute Gasteiger partial charge is 0.307 e. The second kappa shape index (κ2) is 4.58. The van der Waals surface area contributed by atoms with Crippen LogP contribution in [0.25, 0.3) is 0 Å². The van der Waals surface area contributed by atoms with Crippen molar-refractivity contribution in [1.82, 2.24) is 0 Å². The molecular weight excluding hydrogens is 180 g/mol. The van der Waals surface area contributed by atoms with E-state index in [-0.39, 0.29) is 17.6 Å². The maximum absolute atomic E-state index is 11.7. The quantitative estimate of drug-likeness (QED) is 0.755. The average molecular weight is 198 g/mol. The molecule has 1 aliphatic carbocycles. The molecule has 0 bridgehead atoms. The summed E-state index contributed by atoms with van der Waals surface area (Å²) in [7, 11) is 0. The van der Waals surface area contributed by atoms with Crippen LogP contribution in [0.2, 0.25) is 0 Å². The predicted octanol–water partition coefficient (Wildman–Crippen LogP) is 2.10. The van der Waals surface area contributed by atoms with Gasteiger partial charge in [-0.1, -0.05) is 26.7 Å². The van der Waals surface area contributed by atoms with Gasteiger partial charge in [-0.15, -0.1) is 0 Å². The minimum absolute atomic E-state index is 0.0417. The van der Waals surface area contributed by atoms with Crippen molar-refractivity contribution in [3.05, 3.63) is 0 Å². The molecule has 0 aliphatic heterocycles. The number of carbonyl (C=O) groups excluding carboxylic acids is 1. The summed E-state index contributed by atoms with van der Waals surface area (Å²) in [5, 5.41) is 8.99. The minimum atomic E-state index is -0.802.